The van der Waals surface area contributed by atoms with Crippen LogP contribution in [-0.2, 0) is 16.0 Å². The molecule has 2 aliphatic carbocycles. The van der Waals surface area contributed by atoms with Crippen molar-refractivity contribution in [1.29, 1.82) is 0 Å². The summed E-state index contributed by atoms with van der Waals surface area (Å²) in [4.78, 5) is 31.1. The molecule has 1 aliphatic heterocycles. The van der Waals surface area contributed by atoms with Crippen LogP contribution in [0.4, 0.5) is 0 Å². The Balaban J connectivity index is 1.21. The van der Waals surface area contributed by atoms with Gasteiger partial charge in [-0.3, -0.25) is 19.5 Å². The van der Waals surface area contributed by atoms with E-state index in [-0.39, 0.29) is 35.5 Å². The minimum Gasteiger partial charge on any atom is -0.494 e. The third kappa shape index (κ3) is 3.93. The molecular formula is C23H30N4O3. The van der Waals surface area contributed by atoms with Gasteiger partial charge < -0.3 is 15.4 Å². The number of likely N-dealkylation sites (tertiary alicyclic amines) is 1. The Labute approximate surface area is 177 Å². The van der Waals surface area contributed by atoms with E-state index in [1.807, 2.05) is 25.1 Å². The molecule has 2 N–H and O–H groups in total. The van der Waals surface area contributed by atoms with E-state index in [1.54, 1.807) is 7.05 Å². The highest BCUT2D eigenvalue weighted by Gasteiger charge is 2.58. The van der Waals surface area contributed by atoms with Crippen LogP contribution >= 0.6 is 0 Å². The second kappa shape index (κ2) is 8.90. The number of carbonyl (C=O) groups is 2. The van der Waals surface area contributed by atoms with Gasteiger partial charge in [0.25, 0.3) is 0 Å². The van der Waals surface area contributed by atoms with E-state index in [0.717, 1.165) is 25.1 Å². The Kier molecular flexibility index (Phi) is 6.06. The van der Waals surface area contributed by atoms with E-state index in [1.165, 1.54) is 10.5 Å². The number of carbonyl (C=O) groups excluding carboxylic acids is 2. The van der Waals surface area contributed by atoms with Crippen LogP contribution in [0.25, 0.3) is 0 Å². The van der Waals surface area contributed by atoms with E-state index >= 15 is 0 Å². The number of guanidine groups is 1. The Morgan fingerprint density at radius 1 is 1.13 bits per heavy atom. The average molecular weight is 411 g/mol. The monoisotopic (exact) mass is 410 g/mol. The van der Waals surface area contributed by atoms with Crippen molar-refractivity contribution in [3.63, 3.8) is 0 Å². The van der Waals surface area contributed by atoms with E-state index in [4.69, 9.17) is 4.74 Å². The summed E-state index contributed by atoms with van der Waals surface area (Å²) in [6.45, 7) is 4.21. The first-order chi connectivity index (χ1) is 14.6. The molecule has 160 valence electrons. The van der Waals surface area contributed by atoms with Crippen LogP contribution in [0.3, 0.4) is 0 Å². The molecule has 7 heteroatoms. The zero-order valence-electron chi connectivity index (χ0n) is 17.6. The van der Waals surface area contributed by atoms with Crippen molar-refractivity contribution in [2.45, 2.75) is 19.8 Å². The first-order valence-corrected chi connectivity index (χ1v) is 10.8. The molecule has 7 nitrogen and oxygen atoms in total. The van der Waals surface area contributed by atoms with Gasteiger partial charge in [-0.1, -0.05) is 24.3 Å². The Morgan fingerprint density at radius 2 is 1.83 bits per heavy atom. The summed E-state index contributed by atoms with van der Waals surface area (Å²) in [6, 6.07) is 8.07. The summed E-state index contributed by atoms with van der Waals surface area (Å²) in [5, 5.41) is 6.49. The number of ether oxygens (including phenoxy) is 1. The van der Waals surface area contributed by atoms with E-state index in [2.05, 4.69) is 33.8 Å². The fourth-order valence-corrected chi connectivity index (χ4v) is 4.97. The molecule has 0 spiro atoms. The van der Waals surface area contributed by atoms with E-state index in [0.29, 0.717) is 25.7 Å². The van der Waals surface area contributed by atoms with Crippen LogP contribution < -0.4 is 15.4 Å². The number of allylic oxidation sites excluding steroid dienone is 2. The van der Waals surface area contributed by atoms with Crippen molar-refractivity contribution in [2.75, 3.05) is 33.3 Å². The molecule has 4 unspecified atom stereocenters. The van der Waals surface area contributed by atoms with Gasteiger partial charge in [0.15, 0.2) is 5.96 Å². The van der Waals surface area contributed by atoms with Crippen LogP contribution in [-0.4, -0.2) is 56.0 Å². The number of benzene rings is 1. The third-order valence-corrected chi connectivity index (χ3v) is 6.33. The number of hydrogen-bond donors (Lipinski definition) is 2. The molecular weight excluding hydrogens is 380 g/mol. The number of amides is 2. The Morgan fingerprint density at radius 3 is 2.50 bits per heavy atom. The summed E-state index contributed by atoms with van der Waals surface area (Å²) < 4.78 is 5.54. The van der Waals surface area contributed by atoms with Crippen LogP contribution in [0.1, 0.15) is 18.9 Å². The smallest absolute Gasteiger partial charge is 0.233 e. The number of rotatable bonds is 8. The lowest BCUT2D eigenvalue weighted by Crippen LogP contribution is -2.44. The van der Waals surface area contributed by atoms with Gasteiger partial charge in [0.2, 0.25) is 11.8 Å². The Bertz CT molecular complexity index is 836. The topological polar surface area (TPSA) is 83.0 Å². The van der Waals surface area contributed by atoms with Crippen LogP contribution in [0.5, 0.6) is 5.75 Å². The summed E-state index contributed by atoms with van der Waals surface area (Å²) in [6.07, 6.45) is 6.04. The van der Waals surface area contributed by atoms with Crippen LogP contribution in [0.15, 0.2) is 41.4 Å². The maximum atomic E-state index is 12.7. The van der Waals surface area contributed by atoms with Crippen molar-refractivity contribution >= 4 is 17.8 Å². The molecule has 1 aromatic rings. The first kappa shape index (κ1) is 20.4. The van der Waals surface area contributed by atoms with Gasteiger partial charge in [-0.25, -0.2) is 0 Å². The van der Waals surface area contributed by atoms with E-state index in [9.17, 15) is 9.59 Å². The van der Waals surface area contributed by atoms with Gasteiger partial charge in [-0.05, 0) is 49.3 Å². The lowest BCUT2D eigenvalue weighted by molar-refractivity contribution is -0.140. The Hall–Kier alpha value is -2.83. The highest BCUT2D eigenvalue weighted by Crippen LogP contribution is 2.52. The zero-order chi connectivity index (χ0) is 21.1. The molecule has 4 rings (SSSR count). The molecule has 30 heavy (non-hydrogen) atoms. The van der Waals surface area contributed by atoms with Gasteiger partial charge in [0.05, 0.1) is 18.4 Å². The van der Waals surface area contributed by atoms with Crippen molar-refractivity contribution < 1.29 is 14.3 Å². The van der Waals surface area contributed by atoms with Crippen molar-refractivity contribution in [3.05, 3.63) is 42.0 Å². The average Bonchev–Trinajstić information content (AvgIpc) is 3.43. The standard InChI is InChI=1S/C23H30N4O3/c1-3-30-18-6-4-5-15(13-18)9-10-25-23(24-2)26-11-12-27-21(28)19-16-7-8-17(14-16)20(19)22(27)29/h4-8,13,16-17,19-20H,3,9-12,14H2,1-2H3,(H2,24,25,26). The molecule has 1 saturated carbocycles. The molecule has 3 aliphatic rings. The molecule has 1 heterocycles. The second-order valence-electron chi connectivity index (χ2n) is 8.08. The highest BCUT2D eigenvalue weighted by atomic mass is 16.5. The molecule has 0 radical (unpaired) electrons. The maximum absolute atomic E-state index is 12.7. The van der Waals surface area contributed by atoms with Gasteiger partial charge in [-0.15, -0.1) is 0 Å². The summed E-state index contributed by atoms with van der Waals surface area (Å²) >= 11 is 0. The number of imide groups is 1. The number of aliphatic imine (C=N–C) groups is 1. The first-order valence-electron chi connectivity index (χ1n) is 10.8. The van der Waals surface area contributed by atoms with E-state index < -0.39 is 0 Å². The molecule has 2 fully saturated rings. The van der Waals surface area contributed by atoms with Crippen molar-refractivity contribution in [2.24, 2.45) is 28.7 Å². The predicted octanol–water partition coefficient (Wildman–Crippen LogP) is 1.60. The fraction of sp³-hybridized carbons (Fsp3) is 0.522. The fourth-order valence-electron chi connectivity index (χ4n) is 4.97. The van der Waals surface area contributed by atoms with Gasteiger partial charge in [0, 0.05) is 26.7 Å². The number of hydrogen-bond acceptors (Lipinski definition) is 4. The summed E-state index contributed by atoms with van der Waals surface area (Å²) in [7, 11) is 1.71. The lowest BCUT2D eigenvalue weighted by Gasteiger charge is -2.18. The SMILES string of the molecule is CCOc1cccc(CCNC(=NC)NCCN2C(=O)C3C4C=CC(C4)C3C2=O)c1. The van der Waals surface area contributed by atoms with Crippen molar-refractivity contribution in [1.82, 2.24) is 15.5 Å². The number of nitrogens with one attached hydrogen (secondary N) is 2. The molecule has 4 atom stereocenters. The number of fused-ring (bicyclic) bond motifs is 5. The molecule has 1 saturated heterocycles. The maximum Gasteiger partial charge on any atom is 0.233 e. The van der Waals surface area contributed by atoms with Gasteiger partial charge >= 0.3 is 0 Å². The predicted molar refractivity (Wildman–Crippen MR) is 115 cm³/mol. The number of nitrogens with zero attached hydrogens (tertiary/aromatic N) is 2. The summed E-state index contributed by atoms with van der Waals surface area (Å²) in [5.74, 6) is 1.80. The largest absolute Gasteiger partial charge is 0.494 e. The highest BCUT2D eigenvalue weighted by molar-refractivity contribution is 6.06. The molecule has 0 aromatic heterocycles. The summed E-state index contributed by atoms with van der Waals surface area (Å²) in [5.41, 5.74) is 1.19. The van der Waals surface area contributed by atoms with Gasteiger partial charge in [-0.2, -0.15) is 0 Å². The van der Waals surface area contributed by atoms with Crippen LogP contribution in [0.2, 0.25) is 0 Å². The minimum absolute atomic E-state index is 0.000719. The molecule has 2 amide bonds. The normalized spacial score (nSPS) is 27.0. The molecule has 2 bridgehead atoms. The third-order valence-electron chi connectivity index (χ3n) is 6.33. The molecule has 1 aromatic carbocycles. The second-order valence-corrected chi connectivity index (χ2v) is 8.08. The minimum atomic E-state index is -0.127. The zero-order valence-corrected chi connectivity index (χ0v) is 17.6. The quantitative estimate of drug-likeness (QED) is 0.294. The van der Waals surface area contributed by atoms with Crippen molar-refractivity contribution in [3.8, 4) is 5.75 Å². The van der Waals surface area contributed by atoms with Crippen LogP contribution in [0, 0.1) is 23.7 Å². The van der Waals surface area contributed by atoms with Gasteiger partial charge in [0.1, 0.15) is 5.75 Å². The lowest BCUT2D eigenvalue weighted by atomic mass is 9.85.